The molecule has 0 spiro atoms. The lowest BCUT2D eigenvalue weighted by molar-refractivity contribution is 0.130. The first-order chi connectivity index (χ1) is 12.8. The van der Waals surface area contributed by atoms with Crippen LogP contribution in [-0.2, 0) is 13.0 Å². The highest BCUT2D eigenvalue weighted by Crippen LogP contribution is 2.28. The van der Waals surface area contributed by atoms with Crippen molar-refractivity contribution in [1.82, 2.24) is 19.4 Å². The molecule has 1 aromatic carbocycles. The van der Waals surface area contributed by atoms with Crippen LogP contribution in [0.2, 0.25) is 0 Å². The van der Waals surface area contributed by atoms with Crippen LogP contribution < -0.4 is 5.32 Å². The second-order valence-electron chi connectivity index (χ2n) is 7.44. The highest BCUT2D eigenvalue weighted by molar-refractivity contribution is 5.79. The largest absolute Gasteiger partial charge is 0.388 e. The predicted molar refractivity (Wildman–Crippen MR) is 105 cm³/mol. The van der Waals surface area contributed by atoms with Gasteiger partial charge in [-0.3, -0.25) is 4.90 Å². The average molecular weight is 347 g/mol. The van der Waals surface area contributed by atoms with Crippen molar-refractivity contribution in [2.75, 3.05) is 25.5 Å². The maximum absolute atomic E-state index is 4.93. The van der Waals surface area contributed by atoms with Gasteiger partial charge in [0.05, 0.1) is 0 Å². The van der Waals surface area contributed by atoms with Gasteiger partial charge in [0.1, 0.15) is 11.3 Å². The van der Waals surface area contributed by atoms with Gasteiger partial charge in [0, 0.05) is 56.6 Å². The van der Waals surface area contributed by atoms with Crippen LogP contribution in [0.4, 0.5) is 5.69 Å². The van der Waals surface area contributed by atoms with Crippen LogP contribution in [0, 0.1) is 0 Å². The van der Waals surface area contributed by atoms with Crippen LogP contribution in [0.25, 0.3) is 22.3 Å². The maximum atomic E-state index is 4.93. The molecule has 3 heterocycles. The Morgan fingerprint density at radius 1 is 1.04 bits per heavy atom. The Morgan fingerprint density at radius 2 is 1.88 bits per heavy atom. The topological polar surface area (TPSA) is 46.0 Å². The Hall–Kier alpha value is -2.40. The van der Waals surface area contributed by atoms with Gasteiger partial charge in [-0.15, -0.1) is 0 Å². The Labute approximate surface area is 154 Å². The number of rotatable bonds is 3. The number of anilines is 1. The summed E-state index contributed by atoms with van der Waals surface area (Å²) in [5.74, 6) is 1.19. The first kappa shape index (κ1) is 15.8. The Balaban J connectivity index is 1.44. The summed E-state index contributed by atoms with van der Waals surface area (Å²) in [7, 11) is 1.94. The van der Waals surface area contributed by atoms with E-state index in [0.29, 0.717) is 0 Å². The summed E-state index contributed by atoms with van der Waals surface area (Å²) >= 11 is 0. The number of nitrogens with one attached hydrogen (secondary N) is 1. The molecule has 5 nitrogen and oxygen atoms in total. The number of hydrogen-bond acceptors (Lipinski definition) is 4. The summed E-state index contributed by atoms with van der Waals surface area (Å²) in [6.07, 6.45) is 7.15. The minimum Gasteiger partial charge on any atom is -0.388 e. The molecule has 3 aromatic rings. The minimum atomic E-state index is 0.811. The summed E-state index contributed by atoms with van der Waals surface area (Å²) in [6, 6.07) is 11.4. The summed E-state index contributed by atoms with van der Waals surface area (Å²) in [6.45, 7) is 3.26. The van der Waals surface area contributed by atoms with Crippen molar-refractivity contribution in [3.05, 3.63) is 42.4 Å². The van der Waals surface area contributed by atoms with Crippen LogP contribution in [0.5, 0.6) is 0 Å². The smallest absolute Gasteiger partial charge is 0.160 e. The van der Waals surface area contributed by atoms with Crippen molar-refractivity contribution in [2.24, 2.45) is 0 Å². The van der Waals surface area contributed by atoms with Crippen molar-refractivity contribution in [3.8, 4) is 11.1 Å². The summed E-state index contributed by atoms with van der Waals surface area (Å²) in [4.78, 5) is 12.4. The normalized spacial score (nSPS) is 18.3. The number of hydrogen-bond donors (Lipinski definition) is 1. The van der Waals surface area contributed by atoms with Crippen LogP contribution in [0.15, 0.2) is 36.5 Å². The number of pyridine rings is 1. The minimum absolute atomic E-state index is 0.811. The predicted octanol–water partition coefficient (Wildman–Crippen LogP) is 3.55. The van der Waals surface area contributed by atoms with Crippen molar-refractivity contribution < 1.29 is 0 Å². The fraction of sp³-hybridized carbons (Fsp3) is 0.429. The van der Waals surface area contributed by atoms with Crippen molar-refractivity contribution in [1.29, 1.82) is 0 Å². The second-order valence-corrected chi connectivity index (χ2v) is 7.44. The lowest BCUT2D eigenvalue weighted by Crippen LogP contribution is -2.41. The zero-order chi connectivity index (χ0) is 17.5. The molecule has 0 saturated heterocycles. The molecule has 5 heteroatoms. The molecule has 26 heavy (non-hydrogen) atoms. The molecule has 1 saturated carbocycles. The zero-order valence-corrected chi connectivity index (χ0v) is 15.3. The zero-order valence-electron chi connectivity index (χ0n) is 15.3. The van der Waals surface area contributed by atoms with E-state index in [-0.39, 0.29) is 0 Å². The average Bonchev–Trinajstić information content (AvgIpc) is 2.86. The molecule has 0 radical (unpaired) electrons. The number of imidazole rings is 1. The molecule has 1 N–H and O–H groups in total. The van der Waals surface area contributed by atoms with Crippen molar-refractivity contribution in [2.45, 2.75) is 38.3 Å². The summed E-state index contributed by atoms with van der Waals surface area (Å²) in [5, 5.41) is 3.16. The third-order valence-electron chi connectivity index (χ3n) is 6.00. The van der Waals surface area contributed by atoms with Gasteiger partial charge in [-0.2, -0.15) is 0 Å². The molecular weight excluding hydrogens is 322 g/mol. The third-order valence-corrected chi connectivity index (χ3v) is 6.00. The van der Waals surface area contributed by atoms with Gasteiger partial charge in [0.15, 0.2) is 5.65 Å². The highest BCUT2D eigenvalue weighted by Gasteiger charge is 2.27. The number of benzene rings is 1. The standard InChI is InChI=1S/C21H25N5/c1-22-17-7-5-15(6-8-17)16-13-19-21(23-14-16)26-12-11-25(18-3-2-4-18)10-9-20(26)24-19/h5-8,13-14,18,22H,2-4,9-12H2,1H3. The molecule has 2 aromatic heterocycles. The van der Waals surface area contributed by atoms with E-state index in [4.69, 9.17) is 9.97 Å². The lowest BCUT2D eigenvalue weighted by Gasteiger charge is -2.36. The number of aromatic nitrogens is 3. The molecular formula is C21H25N5. The molecule has 0 amide bonds. The Kier molecular flexibility index (Phi) is 3.89. The molecule has 1 aliphatic heterocycles. The third kappa shape index (κ3) is 2.67. The first-order valence-corrected chi connectivity index (χ1v) is 9.69. The molecule has 0 unspecified atom stereocenters. The summed E-state index contributed by atoms with van der Waals surface area (Å²) in [5.41, 5.74) is 5.48. The van der Waals surface area contributed by atoms with Crippen molar-refractivity contribution >= 4 is 16.9 Å². The molecule has 1 aliphatic carbocycles. The van der Waals surface area contributed by atoms with Gasteiger partial charge in [0.25, 0.3) is 0 Å². The fourth-order valence-electron chi connectivity index (χ4n) is 4.17. The number of fused-ring (bicyclic) bond motifs is 3. The van der Waals surface area contributed by atoms with Gasteiger partial charge in [0.2, 0.25) is 0 Å². The molecule has 5 rings (SSSR count). The van der Waals surface area contributed by atoms with Crippen LogP contribution in [0.1, 0.15) is 25.1 Å². The van der Waals surface area contributed by atoms with Crippen LogP contribution in [-0.4, -0.2) is 45.6 Å². The molecule has 1 fully saturated rings. The monoisotopic (exact) mass is 347 g/mol. The van der Waals surface area contributed by atoms with Crippen LogP contribution >= 0.6 is 0 Å². The Morgan fingerprint density at radius 3 is 2.62 bits per heavy atom. The van der Waals surface area contributed by atoms with E-state index in [2.05, 4.69) is 45.1 Å². The van der Waals surface area contributed by atoms with Gasteiger partial charge in [-0.1, -0.05) is 18.6 Å². The molecule has 134 valence electrons. The lowest BCUT2D eigenvalue weighted by atomic mass is 9.91. The van der Waals surface area contributed by atoms with Crippen molar-refractivity contribution in [3.63, 3.8) is 0 Å². The number of nitrogens with zero attached hydrogens (tertiary/aromatic N) is 4. The summed E-state index contributed by atoms with van der Waals surface area (Å²) < 4.78 is 2.34. The fourth-order valence-corrected chi connectivity index (χ4v) is 4.17. The van der Waals surface area contributed by atoms with E-state index in [1.165, 1.54) is 30.7 Å². The maximum Gasteiger partial charge on any atom is 0.160 e. The van der Waals surface area contributed by atoms with E-state index < -0.39 is 0 Å². The van der Waals surface area contributed by atoms with Gasteiger partial charge < -0.3 is 9.88 Å². The quantitative estimate of drug-likeness (QED) is 0.787. The van der Waals surface area contributed by atoms with Crippen LogP contribution in [0.3, 0.4) is 0 Å². The van der Waals surface area contributed by atoms with Gasteiger partial charge >= 0.3 is 0 Å². The molecule has 0 atom stereocenters. The highest BCUT2D eigenvalue weighted by atomic mass is 15.2. The first-order valence-electron chi connectivity index (χ1n) is 9.69. The van der Waals surface area contributed by atoms with E-state index in [1.807, 2.05) is 13.2 Å². The second kappa shape index (κ2) is 6.40. The van der Waals surface area contributed by atoms with E-state index in [1.54, 1.807) is 0 Å². The van der Waals surface area contributed by atoms with E-state index in [0.717, 1.165) is 54.5 Å². The molecule has 0 bridgehead atoms. The van der Waals surface area contributed by atoms with Gasteiger partial charge in [-0.25, -0.2) is 9.97 Å². The van der Waals surface area contributed by atoms with E-state index >= 15 is 0 Å². The Bertz CT molecular complexity index is 923. The van der Waals surface area contributed by atoms with E-state index in [9.17, 15) is 0 Å². The molecule has 2 aliphatic rings. The SMILES string of the molecule is CNc1ccc(-c2cnc3c(c2)nc2n3CCN(C3CCC3)CC2)cc1. The van der Waals surface area contributed by atoms with Gasteiger partial charge in [-0.05, 0) is 36.6 Å².